The first kappa shape index (κ1) is 19.8. The number of anilines is 1. The van der Waals surface area contributed by atoms with Crippen molar-refractivity contribution in [2.24, 2.45) is 0 Å². The molecule has 1 heterocycles. The number of halogens is 3. The lowest BCUT2D eigenvalue weighted by molar-refractivity contribution is -0.137. The molecule has 0 spiro atoms. The van der Waals surface area contributed by atoms with E-state index < -0.39 is 11.7 Å². The second-order valence-corrected chi connectivity index (χ2v) is 4.12. The Morgan fingerprint density at radius 2 is 1.52 bits per heavy atom. The molecule has 0 bridgehead atoms. The minimum atomic E-state index is -4.31. The van der Waals surface area contributed by atoms with Crippen LogP contribution in [0, 0.1) is 6.92 Å². The van der Waals surface area contributed by atoms with Crippen LogP contribution in [0.3, 0.4) is 0 Å². The summed E-state index contributed by atoms with van der Waals surface area (Å²) in [4.78, 5) is 1.73. The Hall–Kier alpha value is -1.23. The largest absolute Gasteiger partial charge is 0.418 e. The van der Waals surface area contributed by atoms with Gasteiger partial charge in [-0.15, -0.1) is 0 Å². The summed E-state index contributed by atoms with van der Waals surface area (Å²) >= 11 is 0. The molecule has 1 aliphatic rings. The molecule has 1 aromatic rings. The third-order valence-electron chi connectivity index (χ3n) is 2.81. The summed E-state index contributed by atoms with van der Waals surface area (Å²) in [6, 6.07) is 4.45. The first-order chi connectivity index (χ1) is 9.98. The van der Waals surface area contributed by atoms with Crippen molar-refractivity contribution in [1.29, 1.82) is 0 Å². The number of alkyl halides is 3. The van der Waals surface area contributed by atoms with Crippen LogP contribution in [-0.4, -0.2) is 26.3 Å². The smallest absolute Gasteiger partial charge is 0.378 e. The van der Waals surface area contributed by atoms with Gasteiger partial charge in [0.1, 0.15) is 0 Å². The lowest BCUT2D eigenvalue weighted by atomic mass is 10.1. The molecule has 0 atom stereocenters. The number of morpholine rings is 1. The molecule has 0 saturated carbocycles. The first-order valence-electron chi connectivity index (χ1n) is 7.49. The highest BCUT2D eigenvalue weighted by atomic mass is 19.4. The van der Waals surface area contributed by atoms with E-state index in [-0.39, 0.29) is 5.69 Å². The van der Waals surface area contributed by atoms with Crippen LogP contribution < -0.4 is 4.90 Å². The second kappa shape index (κ2) is 9.66. The minimum absolute atomic E-state index is 0.256. The zero-order chi connectivity index (χ0) is 16.5. The topological polar surface area (TPSA) is 12.5 Å². The van der Waals surface area contributed by atoms with Gasteiger partial charge >= 0.3 is 6.18 Å². The summed E-state index contributed by atoms with van der Waals surface area (Å²) in [5.41, 5.74) is 0.320. The van der Waals surface area contributed by atoms with Gasteiger partial charge in [-0.2, -0.15) is 13.2 Å². The predicted molar refractivity (Wildman–Crippen MR) is 81.9 cm³/mol. The molecule has 1 aromatic carbocycles. The van der Waals surface area contributed by atoms with Crippen molar-refractivity contribution < 1.29 is 17.9 Å². The average Bonchev–Trinajstić information content (AvgIpc) is 2.51. The molecule has 0 unspecified atom stereocenters. The van der Waals surface area contributed by atoms with Crippen molar-refractivity contribution in [1.82, 2.24) is 0 Å². The molecule has 0 aromatic heterocycles. The van der Waals surface area contributed by atoms with E-state index in [0.717, 1.165) is 0 Å². The van der Waals surface area contributed by atoms with E-state index in [4.69, 9.17) is 4.74 Å². The number of benzene rings is 1. The molecule has 5 heteroatoms. The number of ether oxygens (including phenoxy) is 1. The van der Waals surface area contributed by atoms with Crippen LogP contribution in [-0.2, 0) is 10.9 Å². The fourth-order valence-corrected chi connectivity index (χ4v) is 1.96. The Balaban J connectivity index is 0.000000921. The van der Waals surface area contributed by atoms with Crippen LogP contribution in [0.5, 0.6) is 0 Å². The summed E-state index contributed by atoms with van der Waals surface area (Å²) in [7, 11) is 0. The van der Waals surface area contributed by atoms with E-state index in [2.05, 4.69) is 0 Å². The fourth-order valence-electron chi connectivity index (χ4n) is 1.96. The molecule has 1 fully saturated rings. The molecule has 0 N–H and O–H groups in total. The van der Waals surface area contributed by atoms with Crippen molar-refractivity contribution >= 4 is 5.69 Å². The predicted octanol–water partition coefficient (Wildman–Crippen LogP) is 4.90. The lowest BCUT2D eigenvalue weighted by Crippen LogP contribution is -2.37. The summed E-state index contributed by atoms with van der Waals surface area (Å²) in [6.07, 6.45) is -4.31. The number of nitrogens with zero attached hydrogens (tertiary/aromatic N) is 1. The zero-order valence-corrected chi connectivity index (χ0v) is 13.5. The van der Waals surface area contributed by atoms with E-state index in [0.29, 0.717) is 31.9 Å². The summed E-state index contributed by atoms with van der Waals surface area (Å²) < 4.78 is 43.9. The maximum absolute atomic E-state index is 12.9. The van der Waals surface area contributed by atoms with Crippen LogP contribution in [0.4, 0.5) is 18.9 Å². The Bertz CT molecular complexity index is 399. The third kappa shape index (κ3) is 5.96. The molecular weight excluding hydrogens is 279 g/mol. The normalized spacial score (nSPS) is 14.6. The maximum Gasteiger partial charge on any atom is 0.418 e. The van der Waals surface area contributed by atoms with Crippen LogP contribution in [0.25, 0.3) is 0 Å². The quantitative estimate of drug-likeness (QED) is 0.731. The molecule has 0 amide bonds. The van der Waals surface area contributed by atoms with Crippen LogP contribution in [0.2, 0.25) is 0 Å². The molecule has 2 rings (SSSR count). The summed E-state index contributed by atoms with van der Waals surface area (Å²) in [6.45, 7) is 11.6. The monoisotopic (exact) mass is 305 g/mol. The highest BCUT2D eigenvalue weighted by Crippen LogP contribution is 2.37. The SMILES string of the molecule is CC.CC.Cc1ccc(N2CCOCC2)c(C(F)(F)F)c1. The van der Waals surface area contributed by atoms with Crippen LogP contribution in [0.1, 0.15) is 38.8 Å². The van der Waals surface area contributed by atoms with Crippen LogP contribution in [0.15, 0.2) is 18.2 Å². The maximum atomic E-state index is 12.9. The summed E-state index contributed by atoms with van der Waals surface area (Å²) in [5, 5.41) is 0. The van der Waals surface area contributed by atoms with E-state index in [1.54, 1.807) is 24.0 Å². The standard InChI is InChI=1S/C12H14F3NO.2C2H6/c1-9-2-3-11(10(8-9)12(13,14)15)16-4-6-17-7-5-16;2*1-2/h2-3,8H,4-7H2,1H3;2*1-2H3. The molecule has 1 aliphatic heterocycles. The van der Waals surface area contributed by atoms with Crippen molar-refractivity contribution in [2.75, 3.05) is 31.2 Å². The van der Waals surface area contributed by atoms with Gasteiger partial charge < -0.3 is 9.64 Å². The van der Waals surface area contributed by atoms with Crippen molar-refractivity contribution in [3.8, 4) is 0 Å². The molecule has 2 nitrogen and oxygen atoms in total. The third-order valence-corrected chi connectivity index (χ3v) is 2.81. The second-order valence-electron chi connectivity index (χ2n) is 4.12. The van der Waals surface area contributed by atoms with Gasteiger partial charge in [0.15, 0.2) is 0 Å². The minimum Gasteiger partial charge on any atom is -0.378 e. The summed E-state index contributed by atoms with van der Waals surface area (Å²) in [5.74, 6) is 0. The number of hydrogen-bond donors (Lipinski definition) is 0. The molecule has 21 heavy (non-hydrogen) atoms. The Morgan fingerprint density at radius 3 is 2.00 bits per heavy atom. The first-order valence-corrected chi connectivity index (χ1v) is 7.49. The fraction of sp³-hybridized carbons (Fsp3) is 0.625. The van der Waals surface area contributed by atoms with Crippen molar-refractivity contribution in [2.45, 2.75) is 40.8 Å². The zero-order valence-electron chi connectivity index (χ0n) is 13.5. The highest BCUT2D eigenvalue weighted by molar-refractivity contribution is 5.56. The van der Waals surface area contributed by atoms with E-state index in [1.165, 1.54) is 6.07 Å². The number of rotatable bonds is 1. The molecular formula is C16H26F3NO. The van der Waals surface area contributed by atoms with Gasteiger partial charge in [0, 0.05) is 18.8 Å². The van der Waals surface area contributed by atoms with Gasteiger partial charge in [0.2, 0.25) is 0 Å². The van der Waals surface area contributed by atoms with Gasteiger partial charge in [0.25, 0.3) is 0 Å². The highest BCUT2D eigenvalue weighted by Gasteiger charge is 2.35. The number of hydrogen-bond acceptors (Lipinski definition) is 2. The lowest BCUT2D eigenvalue weighted by Gasteiger charge is -2.31. The van der Waals surface area contributed by atoms with Crippen LogP contribution >= 0.6 is 0 Å². The van der Waals surface area contributed by atoms with Gasteiger partial charge in [0.05, 0.1) is 18.8 Å². The molecule has 122 valence electrons. The Kier molecular flexibility index (Phi) is 9.09. The van der Waals surface area contributed by atoms with Gasteiger partial charge in [-0.25, -0.2) is 0 Å². The number of aryl methyl sites for hydroxylation is 1. The van der Waals surface area contributed by atoms with E-state index in [9.17, 15) is 13.2 Å². The Labute approximate surface area is 125 Å². The molecule has 0 aliphatic carbocycles. The van der Waals surface area contributed by atoms with Crippen molar-refractivity contribution in [3.63, 3.8) is 0 Å². The van der Waals surface area contributed by atoms with Gasteiger partial charge in [-0.05, 0) is 19.1 Å². The van der Waals surface area contributed by atoms with E-state index >= 15 is 0 Å². The van der Waals surface area contributed by atoms with Crippen molar-refractivity contribution in [3.05, 3.63) is 29.3 Å². The van der Waals surface area contributed by atoms with E-state index in [1.807, 2.05) is 27.7 Å². The molecule has 1 saturated heterocycles. The van der Waals surface area contributed by atoms with Gasteiger partial charge in [-0.1, -0.05) is 39.3 Å². The van der Waals surface area contributed by atoms with Gasteiger partial charge in [-0.3, -0.25) is 0 Å². The molecule has 0 radical (unpaired) electrons. The Morgan fingerprint density at radius 1 is 1.00 bits per heavy atom. The average molecular weight is 305 g/mol.